The van der Waals surface area contributed by atoms with Gasteiger partial charge in [-0.3, -0.25) is 14.6 Å². The summed E-state index contributed by atoms with van der Waals surface area (Å²) < 4.78 is 5.22. The highest BCUT2D eigenvalue weighted by Gasteiger charge is 2.17. The number of amides is 2. The van der Waals surface area contributed by atoms with E-state index in [1.54, 1.807) is 31.3 Å². The molecule has 0 aliphatic rings. The van der Waals surface area contributed by atoms with E-state index in [9.17, 15) is 9.59 Å². The molecule has 6 nitrogen and oxygen atoms in total. The van der Waals surface area contributed by atoms with E-state index in [1.165, 1.54) is 24.3 Å². The topological polar surface area (TPSA) is 71.5 Å². The van der Waals surface area contributed by atoms with E-state index < -0.39 is 5.91 Å². The van der Waals surface area contributed by atoms with Crippen molar-refractivity contribution in [1.29, 1.82) is 0 Å². The number of nitrogens with zero attached hydrogens (tertiary/aromatic N) is 2. The van der Waals surface area contributed by atoms with Gasteiger partial charge in [-0.1, -0.05) is 29.8 Å². The highest BCUT2D eigenvalue weighted by molar-refractivity contribution is 6.31. The van der Waals surface area contributed by atoms with Crippen LogP contribution < -0.4 is 15.0 Å². The fraction of sp³-hybridized carbons (Fsp3) is 0.0952. The standard InChI is InChI=1S/C21H18ClN3O3/c1-25(16-6-4-3-5-7-16)21(27)14-10-11-23-18(12-14)20(26)24-17-13-15(22)8-9-19(17)28-2/h3-13H,1-2H3,(H,24,26). The third-order valence-electron chi connectivity index (χ3n) is 4.10. The summed E-state index contributed by atoms with van der Waals surface area (Å²) in [4.78, 5) is 30.9. The van der Waals surface area contributed by atoms with Gasteiger partial charge in [-0.15, -0.1) is 0 Å². The van der Waals surface area contributed by atoms with Gasteiger partial charge in [-0.05, 0) is 42.5 Å². The van der Waals surface area contributed by atoms with Gasteiger partial charge in [0.1, 0.15) is 11.4 Å². The molecule has 0 bridgehead atoms. The van der Waals surface area contributed by atoms with Crippen LogP contribution >= 0.6 is 11.6 Å². The predicted molar refractivity (Wildman–Crippen MR) is 109 cm³/mol. The molecule has 0 radical (unpaired) electrons. The number of pyridine rings is 1. The van der Waals surface area contributed by atoms with Crippen LogP contribution in [0.1, 0.15) is 20.8 Å². The van der Waals surface area contributed by atoms with Gasteiger partial charge in [0.15, 0.2) is 0 Å². The lowest BCUT2D eigenvalue weighted by atomic mass is 10.2. The van der Waals surface area contributed by atoms with Gasteiger partial charge in [0.05, 0.1) is 12.8 Å². The van der Waals surface area contributed by atoms with E-state index in [1.807, 2.05) is 30.3 Å². The number of methoxy groups -OCH3 is 1. The lowest BCUT2D eigenvalue weighted by Crippen LogP contribution is -2.26. The van der Waals surface area contributed by atoms with Crippen molar-refractivity contribution in [3.8, 4) is 5.75 Å². The Morgan fingerprint density at radius 2 is 1.82 bits per heavy atom. The van der Waals surface area contributed by atoms with Crippen LogP contribution in [0, 0.1) is 0 Å². The second kappa shape index (κ2) is 8.54. The number of carbonyl (C=O) groups excluding carboxylic acids is 2. The van der Waals surface area contributed by atoms with E-state index in [4.69, 9.17) is 16.3 Å². The quantitative estimate of drug-likeness (QED) is 0.700. The Hall–Kier alpha value is -3.38. The minimum absolute atomic E-state index is 0.106. The maximum absolute atomic E-state index is 12.8. The molecule has 0 saturated heterocycles. The Bertz CT molecular complexity index is 1010. The average molecular weight is 396 g/mol. The summed E-state index contributed by atoms with van der Waals surface area (Å²) in [7, 11) is 3.17. The minimum Gasteiger partial charge on any atom is -0.495 e. The molecule has 0 fully saturated rings. The zero-order valence-corrected chi connectivity index (χ0v) is 16.1. The van der Waals surface area contributed by atoms with Gasteiger partial charge in [-0.25, -0.2) is 0 Å². The van der Waals surface area contributed by atoms with Crippen molar-refractivity contribution in [2.75, 3.05) is 24.4 Å². The van der Waals surface area contributed by atoms with Gasteiger partial charge >= 0.3 is 0 Å². The van der Waals surface area contributed by atoms with E-state index >= 15 is 0 Å². The minimum atomic E-state index is -0.474. The number of hydrogen-bond donors (Lipinski definition) is 1. The third kappa shape index (κ3) is 4.29. The van der Waals surface area contributed by atoms with Crippen molar-refractivity contribution < 1.29 is 14.3 Å². The van der Waals surface area contributed by atoms with Crippen LogP contribution in [0.3, 0.4) is 0 Å². The van der Waals surface area contributed by atoms with Crippen molar-refractivity contribution >= 4 is 34.8 Å². The van der Waals surface area contributed by atoms with Crippen LogP contribution in [-0.4, -0.2) is 31.0 Å². The van der Waals surface area contributed by atoms with Crippen molar-refractivity contribution in [3.05, 3.63) is 83.1 Å². The molecule has 0 spiro atoms. The van der Waals surface area contributed by atoms with Gasteiger partial charge in [0.2, 0.25) is 0 Å². The number of anilines is 2. The number of nitrogens with one attached hydrogen (secondary N) is 1. The number of para-hydroxylation sites is 1. The van der Waals surface area contributed by atoms with Crippen LogP contribution in [0.5, 0.6) is 5.75 Å². The molecule has 1 aromatic heterocycles. The summed E-state index contributed by atoms with van der Waals surface area (Å²) in [6, 6.07) is 17.2. The molecule has 142 valence electrons. The third-order valence-corrected chi connectivity index (χ3v) is 4.33. The van der Waals surface area contributed by atoms with Crippen LogP contribution in [0.4, 0.5) is 11.4 Å². The van der Waals surface area contributed by atoms with Gasteiger partial charge < -0.3 is 15.0 Å². The van der Waals surface area contributed by atoms with Crippen LogP contribution in [0.15, 0.2) is 66.9 Å². The zero-order valence-electron chi connectivity index (χ0n) is 15.3. The summed E-state index contributed by atoms with van der Waals surface area (Å²) in [5.41, 5.74) is 1.62. The Morgan fingerprint density at radius 1 is 1.07 bits per heavy atom. The Labute approximate surface area is 167 Å². The van der Waals surface area contributed by atoms with Crippen molar-refractivity contribution in [2.45, 2.75) is 0 Å². The number of hydrogen-bond acceptors (Lipinski definition) is 4. The van der Waals surface area contributed by atoms with E-state index in [0.717, 1.165) is 5.69 Å². The molecule has 28 heavy (non-hydrogen) atoms. The SMILES string of the molecule is COc1ccc(Cl)cc1NC(=O)c1cc(C(=O)N(C)c2ccccc2)ccn1. The number of carbonyl (C=O) groups is 2. The monoisotopic (exact) mass is 395 g/mol. The molecule has 0 aliphatic carbocycles. The fourth-order valence-corrected chi connectivity index (χ4v) is 2.79. The zero-order chi connectivity index (χ0) is 20.1. The van der Waals surface area contributed by atoms with E-state index in [2.05, 4.69) is 10.3 Å². The van der Waals surface area contributed by atoms with E-state index in [0.29, 0.717) is 22.0 Å². The molecule has 1 N–H and O–H groups in total. The Balaban J connectivity index is 1.82. The lowest BCUT2D eigenvalue weighted by Gasteiger charge is -2.17. The molecule has 7 heteroatoms. The first-order valence-corrected chi connectivity index (χ1v) is 8.81. The molecule has 2 amide bonds. The summed E-state index contributed by atoms with van der Waals surface area (Å²) in [6.45, 7) is 0. The number of benzene rings is 2. The smallest absolute Gasteiger partial charge is 0.274 e. The molecular formula is C21H18ClN3O3. The summed E-state index contributed by atoms with van der Waals surface area (Å²) in [5.74, 6) is -0.255. The Kier molecular flexibility index (Phi) is 5.91. The second-order valence-corrected chi connectivity index (χ2v) is 6.36. The van der Waals surface area contributed by atoms with E-state index in [-0.39, 0.29) is 11.6 Å². The number of halogens is 1. The first kappa shape index (κ1) is 19.4. The molecular weight excluding hydrogens is 378 g/mol. The fourth-order valence-electron chi connectivity index (χ4n) is 2.61. The van der Waals surface area contributed by atoms with Crippen LogP contribution in [-0.2, 0) is 0 Å². The first-order chi connectivity index (χ1) is 13.5. The molecule has 0 aliphatic heterocycles. The predicted octanol–water partition coefficient (Wildman–Crippen LogP) is 4.27. The van der Waals surface area contributed by atoms with Gasteiger partial charge in [-0.2, -0.15) is 0 Å². The highest BCUT2D eigenvalue weighted by Crippen LogP contribution is 2.28. The summed E-state index contributed by atoms with van der Waals surface area (Å²) >= 11 is 5.99. The molecule has 2 aromatic carbocycles. The molecule has 3 rings (SSSR count). The van der Waals surface area contributed by atoms with Crippen LogP contribution in [0.25, 0.3) is 0 Å². The van der Waals surface area contributed by atoms with Gasteiger partial charge in [0, 0.05) is 29.5 Å². The van der Waals surface area contributed by atoms with Crippen molar-refractivity contribution in [2.24, 2.45) is 0 Å². The molecule has 1 heterocycles. The summed E-state index contributed by atoms with van der Waals surface area (Å²) in [6.07, 6.45) is 1.43. The molecule has 0 atom stereocenters. The molecule has 3 aromatic rings. The number of rotatable bonds is 5. The normalized spacial score (nSPS) is 10.2. The number of ether oxygens (including phenoxy) is 1. The van der Waals surface area contributed by atoms with Crippen molar-refractivity contribution in [3.63, 3.8) is 0 Å². The van der Waals surface area contributed by atoms with Gasteiger partial charge in [0.25, 0.3) is 11.8 Å². The molecule has 0 unspecified atom stereocenters. The number of aromatic nitrogens is 1. The second-order valence-electron chi connectivity index (χ2n) is 5.93. The van der Waals surface area contributed by atoms with Crippen molar-refractivity contribution in [1.82, 2.24) is 4.98 Å². The Morgan fingerprint density at radius 3 is 2.54 bits per heavy atom. The average Bonchev–Trinajstić information content (AvgIpc) is 2.73. The highest BCUT2D eigenvalue weighted by atomic mass is 35.5. The largest absolute Gasteiger partial charge is 0.495 e. The maximum atomic E-state index is 12.8. The lowest BCUT2D eigenvalue weighted by molar-refractivity contribution is 0.0993. The molecule has 0 saturated carbocycles. The summed E-state index contributed by atoms with van der Waals surface area (Å²) in [5, 5.41) is 3.17. The maximum Gasteiger partial charge on any atom is 0.274 e. The first-order valence-electron chi connectivity index (χ1n) is 8.43. The van der Waals surface area contributed by atoms with Crippen LogP contribution in [0.2, 0.25) is 5.02 Å².